The van der Waals surface area contributed by atoms with E-state index in [-0.39, 0.29) is 18.9 Å². The van der Waals surface area contributed by atoms with Crippen LogP contribution in [0.3, 0.4) is 0 Å². The molecule has 60 valence electrons. The summed E-state index contributed by atoms with van der Waals surface area (Å²) in [6.45, 7) is 8.71. The van der Waals surface area contributed by atoms with Crippen molar-refractivity contribution in [2.75, 3.05) is 0 Å². The Morgan fingerprint density at radius 1 is 1.17 bits per heavy atom. The van der Waals surface area contributed by atoms with Crippen molar-refractivity contribution >= 4 is 13.3 Å². The standard InChI is InChI=1S/C10H15Si.Li/c1-4-11(2,3)10-8-6-5-7-9-10;/h5-9H,1,4H2,2-3H3;/q-1;+1. The van der Waals surface area contributed by atoms with Gasteiger partial charge in [-0.05, 0) is 0 Å². The molecule has 0 nitrogen and oxygen atoms in total. The fraction of sp³-hybridized carbons (Fsp3) is 0.300. The Morgan fingerprint density at radius 2 is 1.67 bits per heavy atom. The number of rotatable bonds is 2. The fourth-order valence-electron chi connectivity index (χ4n) is 1.03. The van der Waals surface area contributed by atoms with Gasteiger partial charge in [-0.25, -0.2) is 0 Å². The van der Waals surface area contributed by atoms with Gasteiger partial charge in [0.1, 0.15) is 0 Å². The molecular weight excluding hydrogens is 155 g/mol. The van der Waals surface area contributed by atoms with E-state index in [2.05, 4.69) is 50.3 Å². The molecule has 0 radical (unpaired) electrons. The molecule has 1 aromatic carbocycles. The Labute approximate surface area is 88.6 Å². The Morgan fingerprint density at radius 3 is 2.08 bits per heavy atom. The van der Waals surface area contributed by atoms with Crippen molar-refractivity contribution in [1.29, 1.82) is 0 Å². The van der Waals surface area contributed by atoms with Crippen molar-refractivity contribution in [2.45, 2.75) is 19.1 Å². The second kappa shape index (κ2) is 4.92. The number of benzene rings is 1. The molecule has 0 saturated carbocycles. The molecule has 1 aromatic rings. The second-order valence-corrected chi connectivity index (χ2v) is 8.35. The summed E-state index contributed by atoms with van der Waals surface area (Å²) in [5.41, 5.74) is 0. The minimum absolute atomic E-state index is 0. The molecule has 0 saturated heterocycles. The average molecular weight is 170 g/mol. The molecule has 0 atom stereocenters. The summed E-state index contributed by atoms with van der Waals surface area (Å²) in [7, 11) is -1.16. The quantitative estimate of drug-likeness (QED) is 0.412. The zero-order valence-corrected chi connectivity index (χ0v) is 9.30. The first kappa shape index (κ1) is 12.0. The molecule has 0 unspecified atom stereocenters. The molecule has 12 heavy (non-hydrogen) atoms. The van der Waals surface area contributed by atoms with Crippen LogP contribution in [0.5, 0.6) is 0 Å². The van der Waals surface area contributed by atoms with Crippen molar-refractivity contribution < 1.29 is 18.9 Å². The molecule has 0 aliphatic rings. The van der Waals surface area contributed by atoms with Gasteiger partial charge in [-0.1, -0.05) is 48.6 Å². The van der Waals surface area contributed by atoms with E-state index in [9.17, 15) is 0 Å². The van der Waals surface area contributed by atoms with E-state index in [0.717, 1.165) is 6.04 Å². The minimum atomic E-state index is -1.16. The Hall–Kier alpha value is 0.0343. The van der Waals surface area contributed by atoms with E-state index in [0.29, 0.717) is 0 Å². The van der Waals surface area contributed by atoms with Gasteiger partial charge in [-0.2, -0.15) is 6.04 Å². The minimum Gasteiger partial charge on any atom is -0.346 e. The van der Waals surface area contributed by atoms with Gasteiger partial charge in [0.05, 0.1) is 8.07 Å². The van der Waals surface area contributed by atoms with Gasteiger partial charge in [0, 0.05) is 0 Å². The van der Waals surface area contributed by atoms with E-state index in [1.165, 1.54) is 5.19 Å². The van der Waals surface area contributed by atoms with Gasteiger partial charge >= 0.3 is 18.9 Å². The molecule has 2 heteroatoms. The smallest absolute Gasteiger partial charge is 0.346 e. The first-order valence-corrected chi connectivity index (χ1v) is 7.22. The van der Waals surface area contributed by atoms with Gasteiger partial charge in [0.15, 0.2) is 0 Å². The van der Waals surface area contributed by atoms with E-state index in [1.54, 1.807) is 0 Å². The van der Waals surface area contributed by atoms with Crippen LogP contribution in [-0.2, 0) is 0 Å². The summed E-state index contributed by atoms with van der Waals surface area (Å²) in [6.07, 6.45) is 0. The van der Waals surface area contributed by atoms with Crippen molar-refractivity contribution in [1.82, 2.24) is 0 Å². The van der Waals surface area contributed by atoms with Crippen molar-refractivity contribution in [3.8, 4) is 0 Å². The van der Waals surface area contributed by atoms with Crippen LogP contribution in [0.4, 0.5) is 0 Å². The van der Waals surface area contributed by atoms with Crippen LogP contribution < -0.4 is 24.0 Å². The first-order chi connectivity index (χ1) is 5.17. The summed E-state index contributed by atoms with van der Waals surface area (Å²) >= 11 is 0. The summed E-state index contributed by atoms with van der Waals surface area (Å²) in [5.74, 6) is 0. The van der Waals surface area contributed by atoms with Crippen molar-refractivity contribution in [2.24, 2.45) is 0 Å². The first-order valence-electron chi connectivity index (χ1n) is 4.01. The van der Waals surface area contributed by atoms with Gasteiger partial charge in [0.2, 0.25) is 0 Å². The van der Waals surface area contributed by atoms with E-state index in [1.807, 2.05) is 0 Å². The third kappa shape index (κ3) is 2.82. The van der Waals surface area contributed by atoms with Crippen LogP contribution in [0.25, 0.3) is 0 Å². The van der Waals surface area contributed by atoms with Gasteiger partial charge in [-0.15, -0.1) is 0 Å². The topological polar surface area (TPSA) is 0 Å². The Bertz CT molecular complexity index is 219. The zero-order valence-electron chi connectivity index (χ0n) is 8.30. The van der Waals surface area contributed by atoms with E-state index >= 15 is 0 Å². The maximum Gasteiger partial charge on any atom is 1.00 e. The molecule has 1 rings (SSSR count). The van der Waals surface area contributed by atoms with E-state index in [4.69, 9.17) is 0 Å². The predicted molar refractivity (Wildman–Crippen MR) is 53.7 cm³/mol. The van der Waals surface area contributed by atoms with Crippen LogP contribution >= 0.6 is 0 Å². The molecule has 0 amide bonds. The molecule has 0 aliphatic heterocycles. The maximum atomic E-state index is 4.00. The summed E-state index contributed by atoms with van der Waals surface area (Å²) in [6, 6.07) is 11.8. The Balaban J connectivity index is 0.00000121. The number of hydrogen-bond donors (Lipinski definition) is 0. The summed E-state index contributed by atoms with van der Waals surface area (Å²) in [5, 5.41) is 1.51. The maximum absolute atomic E-state index is 4.00. The zero-order chi connectivity index (χ0) is 8.32. The average Bonchev–Trinajstić information content (AvgIpc) is 2.06. The van der Waals surface area contributed by atoms with Crippen molar-refractivity contribution in [3.63, 3.8) is 0 Å². The third-order valence-corrected chi connectivity index (χ3v) is 5.33. The molecule has 0 bridgehead atoms. The largest absolute Gasteiger partial charge is 1.00 e. The molecule has 0 fully saturated rings. The molecule has 0 spiro atoms. The SMILES string of the molecule is [CH2-]C[Si](C)(C)c1ccccc1.[Li+]. The number of hydrogen-bond acceptors (Lipinski definition) is 0. The van der Waals surface area contributed by atoms with Gasteiger partial charge in [-0.3, -0.25) is 0 Å². The van der Waals surface area contributed by atoms with Crippen LogP contribution in [0.1, 0.15) is 0 Å². The van der Waals surface area contributed by atoms with Crippen LogP contribution in [0.15, 0.2) is 30.3 Å². The third-order valence-electron chi connectivity index (χ3n) is 2.18. The molecule has 0 N–H and O–H groups in total. The van der Waals surface area contributed by atoms with Crippen LogP contribution in [0, 0.1) is 6.92 Å². The monoisotopic (exact) mass is 170 g/mol. The summed E-state index contributed by atoms with van der Waals surface area (Å²) in [4.78, 5) is 0. The molecule has 0 heterocycles. The fourth-order valence-corrected chi connectivity index (χ4v) is 2.42. The molecular formula is C10H15LiSi. The van der Waals surface area contributed by atoms with Crippen LogP contribution in [0.2, 0.25) is 19.1 Å². The second-order valence-electron chi connectivity index (χ2n) is 3.50. The van der Waals surface area contributed by atoms with E-state index < -0.39 is 8.07 Å². The van der Waals surface area contributed by atoms with Crippen LogP contribution in [-0.4, -0.2) is 8.07 Å². The van der Waals surface area contributed by atoms with Gasteiger partial charge < -0.3 is 6.92 Å². The Kier molecular flexibility index (Phi) is 4.93. The molecule has 0 aromatic heterocycles. The van der Waals surface area contributed by atoms with Crippen molar-refractivity contribution in [3.05, 3.63) is 37.3 Å². The summed E-state index contributed by atoms with van der Waals surface area (Å²) < 4.78 is 0. The normalized spacial score (nSPS) is 10.6. The van der Waals surface area contributed by atoms with Gasteiger partial charge in [0.25, 0.3) is 0 Å². The predicted octanol–water partition coefficient (Wildman–Crippen LogP) is -0.560. The molecule has 0 aliphatic carbocycles.